The summed E-state index contributed by atoms with van der Waals surface area (Å²) >= 11 is 5.58. The Balaban J connectivity index is 2.84. The van der Waals surface area contributed by atoms with Crippen molar-refractivity contribution in [2.75, 3.05) is 7.11 Å². The number of ether oxygens (including phenoxy) is 1. The van der Waals surface area contributed by atoms with E-state index < -0.39 is 11.4 Å². The topological polar surface area (TPSA) is 29.5 Å². The zero-order valence-electron chi connectivity index (χ0n) is 9.63. The Kier molecular flexibility index (Phi) is 4.30. The number of hydrogen-bond donors (Lipinski definition) is 1. The summed E-state index contributed by atoms with van der Waals surface area (Å²) in [6.07, 6.45) is -0.0120. The highest BCUT2D eigenvalue weighted by Crippen LogP contribution is 2.22. The second-order valence-electron chi connectivity index (χ2n) is 4.16. The molecule has 0 aliphatic rings. The Hall–Kier alpha value is -0.640. The van der Waals surface area contributed by atoms with Crippen LogP contribution in [0.4, 0.5) is 4.39 Å². The fraction of sp³-hybridized carbons (Fsp3) is 0.500. The average Bonchev–Trinajstić information content (AvgIpc) is 2.22. The molecule has 0 bridgehead atoms. The van der Waals surface area contributed by atoms with E-state index in [2.05, 4.69) is 0 Å². The van der Waals surface area contributed by atoms with Gasteiger partial charge in [-0.3, -0.25) is 0 Å². The third-order valence-corrected chi connectivity index (χ3v) is 3.08. The lowest BCUT2D eigenvalue weighted by atomic mass is 9.92. The van der Waals surface area contributed by atoms with Gasteiger partial charge in [0.05, 0.1) is 16.7 Å². The number of methoxy groups -OCH3 is 1. The summed E-state index contributed by atoms with van der Waals surface area (Å²) < 4.78 is 18.3. The van der Waals surface area contributed by atoms with Crippen molar-refractivity contribution in [1.82, 2.24) is 0 Å². The molecule has 16 heavy (non-hydrogen) atoms. The summed E-state index contributed by atoms with van der Waals surface area (Å²) in [5, 5.41) is 10.2. The molecule has 2 unspecified atom stereocenters. The number of hydrogen-bond acceptors (Lipinski definition) is 2. The molecule has 90 valence electrons. The van der Waals surface area contributed by atoms with Gasteiger partial charge in [-0.25, -0.2) is 4.39 Å². The van der Waals surface area contributed by atoms with Crippen LogP contribution in [0.3, 0.4) is 0 Å². The smallest absolute Gasteiger partial charge is 0.142 e. The minimum Gasteiger partial charge on any atom is -0.387 e. The van der Waals surface area contributed by atoms with E-state index in [1.165, 1.54) is 19.2 Å². The standard InChI is InChI=1S/C12H16ClFO2/c1-8(16-3)12(2,15)7-9-4-5-10(13)11(14)6-9/h4-6,8,15H,7H2,1-3H3. The molecule has 1 N–H and O–H groups in total. The van der Waals surface area contributed by atoms with Crippen LogP contribution >= 0.6 is 11.6 Å². The molecule has 0 radical (unpaired) electrons. The average molecular weight is 247 g/mol. The minimum atomic E-state index is -1.03. The zero-order valence-corrected chi connectivity index (χ0v) is 10.4. The highest BCUT2D eigenvalue weighted by Gasteiger charge is 2.28. The van der Waals surface area contributed by atoms with Crippen molar-refractivity contribution in [3.05, 3.63) is 34.6 Å². The van der Waals surface area contributed by atoms with Crippen molar-refractivity contribution < 1.29 is 14.2 Å². The maximum atomic E-state index is 13.2. The normalized spacial score (nSPS) is 16.9. The van der Waals surface area contributed by atoms with Crippen molar-refractivity contribution in [3.8, 4) is 0 Å². The fourth-order valence-electron chi connectivity index (χ4n) is 1.46. The van der Waals surface area contributed by atoms with Gasteiger partial charge in [-0.2, -0.15) is 0 Å². The molecule has 1 aromatic rings. The first-order valence-electron chi connectivity index (χ1n) is 5.06. The fourth-order valence-corrected chi connectivity index (χ4v) is 1.58. The van der Waals surface area contributed by atoms with E-state index in [1.807, 2.05) is 0 Å². The van der Waals surface area contributed by atoms with Gasteiger partial charge in [-0.05, 0) is 31.5 Å². The van der Waals surface area contributed by atoms with E-state index in [0.29, 0.717) is 12.0 Å². The predicted octanol–water partition coefficient (Wildman–Crippen LogP) is 2.81. The highest BCUT2D eigenvalue weighted by molar-refractivity contribution is 6.30. The molecular weight excluding hydrogens is 231 g/mol. The first-order chi connectivity index (χ1) is 7.36. The van der Waals surface area contributed by atoms with Gasteiger partial charge < -0.3 is 9.84 Å². The van der Waals surface area contributed by atoms with Crippen molar-refractivity contribution in [1.29, 1.82) is 0 Å². The van der Waals surface area contributed by atoms with E-state index in [9.17, 15) is 9.50 Å². The van der Waals surface area contributed by atoms with E-state index in [4.69, 9.17) is 16.3 Å². The van der Waals surface area contributed by atoms with Gasteiger partial charge in [0.25, 0.3) is 0 Å². The van der Waals surface area contributed by atoms with Crippen molar-refractivity contribution >= 4 is 11.6 Å². The highest BCUT2D eigenvalue weighted by atomic mass is 35.5. The number of halogens is 2. The zero-order chi connectivity index (χ0) is 12.3. The molecule has 2 nitrogen and oxygen atoms in total. The maximum Gasteiger partial charge on any atom is 0.142 e. The largest absolute Gasteiger partial charge is 0.387 e. The van der Waals surface area contributed by atoms with Gasteiger partial charge in [0.2, 0.25) is 0 Å². The van der Waals surface area contributed by atoms with Crippen LogP contribution in [-0.2, 0) is 11.2 Å². The van der Waals surface area contributed by atoms with Crippen LogP contribution in [-0.4, -0.2) is 23.9 Å². The molecule has 4 heteroatoms. The molecule has 1 aromatic carbocycles. The summed E-state index contributed by atoms with van der Waals surface area (Å²) in [6, 6.07) is 4.52. The van der Waals surface area contributed by atoms with Crippen molar-refractivity contribution in [2.24, 2.45) is 0 Å². The van der Waals surface area contributed by atoms with Crippen LogP contribution < -0.4 is 0 Å². The molecular formula is C12H16ClFO2. The third-order valence-electron chi connectivity index (χ3n) is 2.78. The van der Waals surface area contributed by atoms with Gasteiger partial charge in [-0.1, -0.05) is 17.7 Å². The molecule has 0 spiro atoms. The number of rotatable bonds is 4. The summed E-state index contributed by atoms with van der Waals surface area (Å²) in [4.78, 5) is 0. The molecule has 0 heterocycles. The molecule has 0 aliphatic heterocycles. The monoisotopic (exact) mass is 246 g/mol. The van der Waals surface area contributed by atoms with Gasteiger partial charge >= 0.3 is 0 Å². The van der Waals surface area contributed by atoms with Gasteiger partial charge in [0.15, 0.2) is 0 Å². The summed E-state index contributed by atoms with van der Waals surface area (Å²) in [6.45, 7) is 3.43. The van der Waals surface area contributed by atoms with Crippen LogP contribution in [0.1, 0.15) is 19.4 Å². The second-order valence-corrected chi connectivity index (χ2v) is 4.57. The van der Waals surface area contributed by atoms with Gasteiger partial charge in [0, 0.05) is 13.5 Å². The first-order valence-corrected chi connectivity index (χ1v) is 5.43. The maximum absolute atomic E-state index is 13.2. The van der Waals surface area contributed by atoms with Crippen LogP contribution in [0.5, 0.6) is 0 Å². The summed E-state index contributed by atoms with van der Waals surface area (Å²) in [5.41, 5.74) is -0.342. The summed E-state index contributed by atoms with van der Waals surface area (Å²) in [5.74, 6) is -0.472. The Labute approximate surface area is 100.0 Å². The molecule has 0 saturated carbocycles. The summed E-state index contributed by atoms with van der Waals surface area (Å²) in [7, 11) is 1.53. The van der Waals surface area contributed by atoms with Crippen LogP contribution in [0.2, 0.25) is 5.02 Å². The van der Waals surface area contributed by atoms with Gasteiger partial charge in [-0.15, -0.1) is 0 Å². The second kappa shape index (κ2) is 5.13. The van der Waals surface area contributed by atoms with Crippen LogP contribution in [0, 0.1) is 5.82 Å². The van der Waals surface area contributed by atoms with E-state index in [1.54, 1.807) is 19.9 Å². The molecule has 0 amide bonds. The number of aliphatic hydroxyl groups is 1. The Bertz CT molecular complexity index is 366. The molecule has 0 saturated heterocycles. The molecule has 1 rings (SSSR count). The van der Waals surface area contributed by atoms with Crippen molar-refractivity contribution in [2.45, 2.75) is 32.0 Å². The minimum absolute atomic E-state index is 0.0863. The van der Waals surface area contributed by atoms with E-state index in [0.717, 1.165) is 0 Å². The Morgan fingerprint density at radius 3 is 2.69 bits per heavy atom. The number of benzene rings is 1. The first kappa shape index (κ1) is 13.4. The Morgan fingerprint density at radius 2 is 2.19 bits per heavy atom. The van der Waals surface area contributed by atoms with E-state index in [-0.39, 0.29) is 11.1 Å². The lowest BCUT2D eigenvalue weighted by molar-refractivity contribution is -0.0716. The predicted molar refractivity (Wildman–Crippen MR) is 62.2 cm³/mol. The SMILES string of the molecule is COC(C)C(C)(O)Cc1ccc(Cl)c(F)c1. The third kappa shape index (κ3) is 3.17. The quantitative estimate of drug-likeness (QED) is 0.885. The molecule has 0 aliphatic carbocycles. The molecule has 2 atom stereocenters. The van der Waals surface area contributed by atoms with Crippen LogP contribution in [0.15, 0.2) is 18.2 Å². The molecule has 0 aromatic heterocycles. The lowest BCUT2D eigenvalue weighted by Crippen LogP contribution is -2.40. The van der Waals surface area contributed by atoms with Crippen LogP contribution in [0.25, 0.3) is 0 Å². The van der Waals surface area contributed by atoms with Crippen molar-refractivity contribution in [3.63, 3.8) is 0 Å². The lowest BCUT2D eigenvalue weighted by Gasteiger charge is -2.29. The molecule has 0 fully saturated rings. The Morgan fingerprint density at radius 1 is 1.56 bits per heavy atom. The van der Waals surface area contributed by atoms with Gasteiger partial charge in [0.1, 0.15) is 5.82 Å². The van der Waals surface area contributed by atoms with E-state index >= 15 is 0 Å².